The first-order valence-corrected chi connectivity index (χ1v) is 5.79. The first-order valence-electron chi connectivity index (χ1n) is 5.79. The molecule has 3 heteroatoms. The maximum atomic E-state index is 5.50. The van der Waals surface area contributed by atoms with E-state index in [9.17, 15) is 0 Å². The lowest BCUT2D eigenvalue weighted by molar-refractivity contribution is 0.351. The molecule has 1 heterocycles. The van der Waals surface area contributed by atoms with E-state index < -0.39 is 0 Å². The molecule has 0 spiro atoms. The van der Waals surface area contributed by atoms with E-state index in [-0.39, 0.29) is 0 Å². The lowest BCUT2D eigenvalue weighted by Crippen LogP contribution is -2.11. The molecule has 3 nitrogen and oxygen atoms in total. The zero-order valence-electron chi connectivity index (χ0n) is 9.75. The van der Waals surface area contributed by atoms with Crippen LogP contribution in [0.15, 0.2) is 12.1 Å². The fourth-order valence-electron chi connectivity index (χ4n) is 3.14. The molecule has 2 unspecified atom stereocenters. The van der Waals surface area contributed by atoms with Crippen LogP contribution in [0.3, 0.4) is 0 Å². The van der Waals surface area contributed by atoms with Crippen molar-refractivity contribution in [1.29, 1.82) is 0 Å². The van der Waals surface area contributed by atoms with E-state index in [1.165, 1.54) is 11.1 Å². The monoisotopic (exact) mass is 219 g/mol. The Morgan fingerprint density at radius 2 is 2.06 bits per heavy atom. The van der Waals surface area contributed by atoms with Gasteiger partial charge in [0.2, 0.25) is 0 Å². The topological polar surface area (TPSA) is 30.5 Å². The number of rotatable bonds is 2. The second-order valence-electron chi connectivity index (χ2n) is 4.60. The Balaban J connectivity index is 2.09. The quantitative estimate of drug-likeness (QED) is 0.819. The molecular weight excluding hydrogens is 202 g/mol. The summed E-state index contributed by atoms with van der Waals surface area (Å²) in [5.41, 5.74) is 2.81. The van der Waals surface area contributed by atoms with Gasteiger partial charge in [-0.25, -0.2) is 0 Å². The van der Waals surface area contributed by atoms with Gasteiger partial charge in [0.25, 0.3) is 0 Å². The van der Waals surface area contributed by atoms with Crippen molar-refractivity contribution in [2.45, 2.75) is 12.3 Å². The van der Waals surface area contributed by atoms with Gasteiger partial charge in [0.05, 0.1) is 14.2 Å². The largest absolute Gasteiger partial charge is 0.493 e. The summed E-state index contributed by atoms with van der Waals surface area (Å²) in [7, 11) is 3.42. The Kier molecular flexibility index (Phi) is 2.28. The number of methoxy groups -OCH3 is 2. The minimum Gasteiger partial charge on any atom is -0.493 e. The van der Waals surface area contributed by atoms with E-state index in [4.69, 9.17) is 9.47 Å². The van der Waals surface area contributed by atoms with Gasteiger partial charge < -0.3 is 14.8 Å². The van der Waals surface area contributed by atoms with E-state index in [1.807, 2.05) is 6.07 Å². The molecule has 2 aliphatic rings. The summed E-state index contributed by atoms with van der Waals surface area (Å²) in [5.74, 6) is 3.22. The Labute approximate surface area is 95.8 Å². The molecular formula is C13H17NO2. The van der Waals surface area contributed by atoms with Gasteiger partial charge >= 0.3 is 0 Å². The molecule has 16 heavy (non-hydrogen) atoms. The highest BCUT2D eigenvalue weighted by molar-refractivity contribution is 5.55. The predicted molar refractivity (Wildman–Crippen MR) is 62.4 cm³/mol. The molecule has 1 saturated heterocycles. The van der Waals surface area contributed by atoms with Crippen molar-refractivity contribution < 1.29 is 9.47 Å². The van der Waals surface area contributed by atoms with Crippen LogP contribution < -0.4 is 14.8 Å². The van der Waals surface area contributed by atoms with Crippen molar-refractivity contribution in [3.05, 3.63) is 23.3 Å². The fraction of sp³-hybridized carbons (Fsp3) is 0.538. The van der Waals surface area contributed by atoms with Gasteiger partial charge in [-0.2, -0.15) is 0 Å². The van der Waals surface area contributed by atoms with Crippen LogP contribution in [0.2, 0.25) is 0 Å². The molecule has 1 aliphatic heterocycles. The lowest BCUT2D eigenvalue weighted by atomic mass is 9.96. The van der Waals surface area contributed by atoms with Crippen molar-refractivity contribution >= 4 is 0 Å². The smallest absolute Gasteiger partial charge is 0.164 e. The van der Waals surface area contributed by atoms with E-state index in [2.05, 4.69) is 11.4 Å². The van der Waals surface area contributed by atoms with Crippen molar-refractivity contribution in [2.24, 2.45) is 5.92 Å². The molecule has 2 atom stereocenters. The van der Waals surface area contributed by atoms with E-state index in [0.717, 1.165) is 36.9 Å². The number of fused-ring (bicyclic) bond motifs is 3. The Morgan fingerprint density at radius 1 is 1.19 bits per heavy atom. The summed E-state index contributed by atoms with van der Waals surface area (Å²) in [5, 5.41) is 3.46. The standard InChI is InChI=1S/C13H17NO2/c1-15-12-4-3-9-10(13(12)16-2)5-8-6-14-7-11(8)9/h3-4,8,11,14H,5-7H2,1-2H3. The Bertz CT molecular complexity index is 417. The number of hydrogen-bond acceptors (Lipinski definition) is 3. The van der Waals surface area contributed by atoms with E-state index >= 15 is 0 Å². The predicted octanol–water partition coefficient (Wildman–Crippen LogP) is 1.56. The van der Waals surface area contributed by atoms with Crippen LogP contribution in [0.5, 0.6) is 11.5 Å². The first kappa shape index (κ1) is 9.97. The van der Waals surface area contributed by atoms with Gasteiger partial charge in [-0.1, -0.05) is 6.07 Å². The van der Waals surface area contributed by atoms with Crippen LogP contribution >= 0.6 is 0 Å². The normalized spacial score (nSPS) is 26.4. The van der Waals surface area contributed by atoms with Gasteiger partial charge in [-0.05, 0) is 30.5 Å². The summed E-state index contributed by atoms with van der Waals surface area (Å²) < 4.78 is 10.8. The van der Waals surface area contributed by atoms with Gasteiger partial charge in [0.1, 0.15) is 0 Å². The minimum absolute atomic E-state index is 0.676. The van der Waals surface area contributed by atoms with E-state index in [1.54, 1.807) is 14.2 Å². The third-order valence-corrected chi connectivity index (χ3v) is 3.89. The second-order valence-corrected chi connectivity index (χ2v) is 4.60. The lowest BCUT2D eigenvalue weighted by Gasteiger charge is -2.13. The number of benzene rings is 1. The molecule has 3 rings (SSSR count). The molecule has 1 aromatic carbocycles. The number of ether oxygens (including phenoxy) is 2. The average molecular weight is 219 g/mol. The van der Waals surface area contributed by atoms with E-state index in [0.29, 0.717) is 5.92 Å². The maximum Gasteiger partial charge on any atom is 0.164 e. The molecule has 86 valence electrons. The zero-order valence-corrected chi connectivity index (χ0v) is 9.75. The second kappa shape index (κ2) is 3.67. The van der Waals surface area contributed by atoms with Crippen LogP contribution in [0.25, 0.3) is 0 Å². The molecule has 1 aromatic rings. The Morgan fingerprint density at radius 3 is 2.81 bits per heavy atom. The van der Waals surface area contributed by atoms with Crippen LogP contribution in [-0.2, 0) is 6.42 Å². The maximum absolute atomic E-state index is 5.50. The molecule has 0 aromatic heterocycles. The highest BCUT2D eigenvalue weighted by atomic mass is 16.5. The van der Waals surface area contributed by atoms with Crippen molar-refractivity contribution in [3.8, 4) is 11.5 Å². The van der Waals surface area contributed by atoms with Gasteiger partial charge in [-0.15, -0.1) is 0 Å². The Hall–Kier alpha value is -1.22. The van der Waals surface area contributed by atoms with Gasteiger partial charge in [-0.3, -0.25) is 0 Å². The third-order valence-electron chi connectivity index (χ3n) is 3.89. The summed E-state index contributed by atoms with van der Waals surface area (Å²) in [6.07, 6.45) is 1.12. The summed E-state index contributed by atoms with van der Waals surface area (Å²) in [6.45, 7) is 2.23. The summed E-state index contributed by atoms with van der Waals surface area (Å²) in [6, 6.07) is 4.23. The average Bonchev–Trinajstić information content (AvgIpc) is 2.87. The van der Waals surface area contributed by atoms with Crippen LogP contribution in [0.1, 0.15) is 17.0 Å². The van der Waals surface area contributed by atoms with Crippen LogP contribution in [0, 0.1) is 5.92 Å². The molecule has 0 radical (unpaired) electrons. The van der Waals surface area contributed by atoms with Crippen molar-refractivity contribution in [3.63, 3.8) is 0 Å². The van der Waals surface area contributed by atoms with Crippen molar-refractivity contribution in [1.82, 2.24) is 5.32 Å². The minimum atomic E-state index is 0.676. The van der Waals surface area contributed by atoms with Crippen LogP contribution in [-0.4, -0.2) is 27.3 Å². The summed E-state index contributed by atoms with van der Waals surface area (Å²) in [4.78, 5) is 0. The number of nitrogens with one attached hydrogen (secondary N) is 1. The highest BCUT2D eigenvalue weighted by Crippen LogP contribution is 2.46. The first-order chi connectivity index (χ1) is 7.85. The fourth-order valence-corrected chi connectivity index (χ4v) is 3.14. The zero-order chi connectivity index (χ0) is 11.1. The molecule has 1 aliphatic carbocycles. The highest BCUT2D eigenvalue weighted by Gasteiger charge is 2.38. The van der Waals surface area contributed by atoms with Crippen LogP contribution in [0.4, 0.5) is 0 Å². The molecule has 0 bridgehead atoms. The number of hydrogen-bond donors (Lipinski definition) is 1. The molecule has 1 fully saturated rings. The SMILES string of the molecule is COc1ccc2c(c1OC)CC1CNCC21. The molecule has 1 N–H and O–H groups in total. The van der Waals surface area contributed by atoms with Gasteiger partial charge in [0.15, 0.2) is 11.5 Å². The van der Waals surface area contributed by atoms with Gasteiger partial charge in [0, 0.05) is 18.0 Å². The summed E-state index contributed by atoms with van der Waals surface area (Å²) >= 11 is 0. The van der Waals surface area contributed by atoms with Crippen molar-refractivity contribution in [2.75, 3.05) is 27.3 Å². The third kappa shape index (κ3) is 1.24. The molecule has 0 saturated carbocycles. The molecule has 0 amide bonds.